The fourth-order valence-corrected chi connectivity index (χ4v) is 0.754. The summed E-state index contributed by atoms with van der Waals surface area (Å²) in [5, 5.41) is 9.82. The molecule has 0 aromatic heterocycles. The predicted molar refractivity (Wildman–Crippen MR) is 29.0 cm³/mol. The van der Waals surface area contributed by atoms with Gasteiger partial charge in [0.25, 0.3) is 5.70 Å². The Morgan fingerprint density at radius 2 is 2.75 bits per heavy atom. The molecule has 1 heterocycles. The number of nitro groups is 1. The zero-order valence-electron chi connectivity index (χ0n) is 3.75. The largest absolute Gasteiger partial charge is 0.329 e. The summed E-state index contributed by atoms with van der Waals surface area (Å²) in [6.45, 7) is 0. The molecule has 8 heavy (non-hydrogen) atoms. The molecule has 0 aliphatic carbocycles. The Morgan fingerprint density at radius 1 is 2.00 bits per heavy atom. The molecule has 0 atom stereocenters. The molecule has 1 N–H and O–H groups in total. The van der Waals surface area contributed by atoms with E-state index in [2.05, 4.69) is 10.5 Å². The lowest BCUT2D eigenvalue weighted by atomic mass is 10.6. The molecule has 0 fully saturated rings. The first kappa shape index (κ1) is 5.43. The van der Waals surface area contributed by atoms with Crippen molar-refractivity contribution in [3.8, 4) is 0 Å². The van der Waals surface area contributed by atoms with Crippen molar-refractivity contribution in [3.05, 3.63) is 27.8 Å². The molecule has 0 amide bonds. The Hall–Kier alpha value is -0.710. The molecule has 1 rings (SSSR count). The molecule has 0 unspecified atom stereocenters. The van der Waals surface area contributed by atoms with E-state index in [-0.39, 0.29) is 5.70 Å². The number of hydrogen-bond acceptors (Lipinski definition) is 4. The molecule has 4 nitrogen and oxygen atoms in total. The molecular weight excluding hydrogens is 128 g/mol. The molecule has 0 aromatic carbocycles. The molecule has 42 valence electrons. The highest BCUT2D eigenvalue weighted by atomic mass is 32.2. The third-order valence-electron chi connectivity index (χ3n) is 0.607. The fourth-order valence-electron chi connectivity index (χ4n) is 0.286. The Kier molecular flexibility index (Phi) is 1.38. The fraction of sp³-hybridized carbons (Fsp3) is 0. The van der Waals surface area contributed by atoms with Gasteiger partial charge in [0.1, 0.15) is 0 Å². The maximum Gasteiger partial charge on any atom is 0.284 e. The van der Waals surface area contributed by atoms with Gasteiger partial charge in [0, 0.05) is 0 Å². The Balaban J connectivity index is 2.57. The average molecular weight is 130 g/mol. The van der Waals surface area contributed by atoms with E-state index in [0.717, 1.165) is 11.9 Å². The van der Waals surface area contributed by atoms with Crippen LogP contribution in [0.2, 0.25) is 0 Å². The summed E-state index contributed by atoms with van der Waals surface area (Å²) < 4.78 is 2.56. The van der Waals surface area contributed by atoms with Crippen LogP contribution in [0.3, 0.4) is 0 Å². The zero-order valence-corrected chi connectivity index (χ0v) is 4.57. The number of nitrogens with one attached hydrogen (secondary N) is 1. The number of nitrogens with zero attached hydrogens (tertiary/aromatic N) is 1. The van der Waals surface area contributed by atoms with E-state index >= 15 is 0 Å². The first-order valence-electron chi connectivity index (χ1n) is 1.82. The molecule has 0 saturated carbocycles. The molecule has 5 heteroatoms. The van der Waals surface area contributed by atoms with Gasteiger partial charge in [-0.05, 0) is 11.9 Å². The van der Waals surface area contributed by atoms with Crippen LogP contribution in [0.1, 0.15) is 0 Å². The lowest BCUT2D eigenvalue weighted by Crippen LogP contribution is -1.93. The molecule has 0 spiro atoms. The molecule has 1 aliphatic rings. The van der Waals surface area contributed by atoms with Gasteiger partial charge in [-0.1, -0.05) is 0 Å². The van der Waals surface area contributed by atoms with Gasteiger partial charge in [0.15, 0.2) is 5.75 Å². The van der Waals surface area contributed by atoms with Gasteiger partial charge in [-0.25, -0.2) is 0 Å². The molecule has 2 radical (unpaired) electrons. The summed E-state index contributed by atoms with van der Waals surface area (Å²) in [4.78, 5) is 9.33. The van der Waals surface area contributed by atoms with Crippen LogP contribution in [0.4, 0.5) is 0 Å². The third kappa shape index (κ3) is 0.919. The van der Waals surface area contributed by atoms with Crippen LogP contribution in [-0.2, 0) is 0 Å². The van der Waals surface area contributed by atoms with E-state index < -0.39 is 4.92 Å². The van der Waals surface area contributed by atoms with Crippen LogP contribution in [-0.4, -0.2) is 4.92 Å². The van der Waals surface area contributed by atoms with Gasteiger partial charge in [-0.2, -0.15) is 0 Å². The van der Waals surface area contributed by atoms with Gasteiger partial charge in [0.05, 0.1) is 11.1 Å². The SMILES string of the molecule is O=[N+]([O-])C1=CNS[C]1. The van der Waals surface area contributed by atoms with Crippen LogP contribution in [0.5, 0.6) is 0 Å². The van der Waals surface area contributed by atoms with E-state index in [1.807, 2.05) is 0 Å². The molecule has 1 aliphatic heterocycles. The Morgan fingerprint density at radius 3 is 3.00 bits per heavy atom. The van der Waals surface area contributed by atoms with E-state index in [4.69, 9.17) is 0 Å². The minimum Gasteiger partial charge on any atom is -0.329 e. The summed E-state index contributed by atoms with van der Waals surface area (Å²) in [7, 11) is 0. The van der Waals surface area contributed by atoms with Crippen molar-refractivity contribution in [1.82, 2.24) is 4.72 Å². The quantitative estimate of drug-likeness (QED) is 0.317. The highest BCUT2D eigenvalue weighted by molar-refractivity contribution is 7.99. The van der Waals surface area contributed by atoms with E-state index in [1.165, 1.54) is 6.20 Å². The third-order valence-corrected chi connectivity index (χ3v) is 1.15. The Labute approximate surface area is 50.2 Å². The monoisotopic (exact) mass is 130 g/mol. The van der Waals surface area contributed by atoms with E-state index in [0.29, 0.717) is 0 Å². The van der Waals surface area contributed by atoms with Gasteiger partial charge in [-0.3, -0.25) is 10.1 Å². The minimum atomic E-state index is -0.493. The van der Waals surface area contributed by atoms with Crippen LogP contribution in [0.15, 0.2) is 11.9 Å². The summed E-state index contributed by atoms with van der Waals surface area (Å²) in [6.07, 6.45) is 1.30. The first-order valence-corrected chi connectivity index (χ1v) is 2.64. The lowest BCUT2D eigenvalue weighted by Gasteiger charge is -1.80. The second kappa shape index (κ2) is 2.04. The van der Waals surface area contributed by atoms with Crippen molar-refractivity contribution < 1.29 is 4.92 Å². The van der Waals surface area contributed by atoms with Crippen molar-refractivity contribution in [2.75, 3.05) is 0 Å². The number of hydrogen-bond donors (Lipinski definition) is 1. The van der Waals surface area contributed by atoms with E-state index in [1.54, 1.807) is 0 Å². The normalized spacial score (nSPS) is 17.2. The lowest BCUT2D eigenvalue weighted by molar-refractivity contribution is -0.420. The highest BCUT2D eigenvalue weighted by Crippen LogP contribution is 2.16. The van der Waals surface area contributed by atoms with Crippen LogP contribution < -0.4 is 4.72 Å². The molecule has 0 saturated heterocycles. The highest BCUT2D eigenvalue weighted by Gasteiger charge is 2.16. The van der Waals surface area contributed by atoms with Crippen LogP contribution in [0.25, 0.3) is 0 Å². The first-order chi connectivity index (χ1) is 3.80. The van der Waals surface area contributed by atoms with Gasteiger partial charge < -0.3 is 4.72 Å². The smallest absolute Gasteiger partial charge is 0.284 e. The van der Waals surface area contributed by atoms with Gasteiger partial charge >= 0.3 is 0 Å². The minimum absolute atomic E-state index is 0.00463. The van der Waals surface area contributed by atoms with Crippen molar-refractivity contribution in [1.29, 1.82) is 0 Å². The van der Waals surface area contributed by atoms with Crippen molar-refractivity contribution in [2.45, 2.75) is 0 Å². The maximum atomic E-state index is 9.82. The maximum absolute atomic E-state index is 9.82. The Bertz CT molecular complexity index is 144. The van der Waals surface area contributed by atoms with Crippen molar-refractivity contribution in [2.24, 2.45) is 0 Å². The van der Waals surface area contributed by atoms with Crippen molar-refractivity contribution >= 4 is 11.9 Å². The molecular formula is C3H2N2O2S. The summed E-state index contributed by atoms with van der Waals surface area (Å²) in [5.74, 6) is 2.42. The average Bonchev–Trinajstić information content (AvgIpc) is 2.12. The molecule has 0 bridgehead atoms. The standard InChI is InChI=1S/C3H2N2O2S/c6-5(7)3-1-4-8-2-3/h1,4H. The second-order valence-corrected chi connectivity index (χ2v) is 1.75. The van der Waals surface area contributed by atoms with Crippen LogP contribution >= 0.6 is 11.9 Å². The summed E-state index contributed by atoms with van der Waals surface area (Å²) in [5.41, 5.74) is -0.00463. The zero-order chi connectivity index (χ0) is 5.98. The van der Waals surface area contributed by atoms with Gasteiger partial charge in [-0.15, -0.1) is 0 Å². The topological polar surface area (TPSA) is 55.2 Å². The van der Waals surface area contributed by atoms with Gasteiger partial charge in [0.2, 0.25) is 0 Å². The van der Waals surface area contributed by atoms with E-state index in [9.17, 15) is 10.1 Å². The number of rotatable bonds is 1. The second-order valence-electron chi connectivity index (χ2n) is 1.11. The summed E-state index contributed by atoms with van der Waals surface area (Å²) >= 11 is 1.08. The van der Waals surface area contributed by atoms with Crippen LogP contribution in [0, 0.1) is 15.9 Å². The summed E-state index contributed by atoms with van der Waals surface area (Å²) in [6, 6.07) is 0. The molecule has 0 aromatic rings. The van der Waals surface area contributed by atoms with Crippen molar-refractivity contribution in [3.63, 3.8) is 0 Å². The predicted octanol–water partition coefficient (Wildman–Crippen LogP) is 0.395.